The Morgan fingerprint density at radius 3 is 1.41 bits per heavy atom. The fourth-order valence-corrected chi connectivity index (χ4v) is 10.8. The van der Waals surface area contributed by atoms with Gasteiger partial charge in [-0.25, -0.2) is 8.42 Å². The van der Waals surface area contributed by atoms with Crippen LogP contribution in [0.5, 0.6) is 0 Å². The molecule has 0 aliphatic carbocycles. The Kier molecular flexibility index (Phi) is 10.6. The van der Waals surface area contributed by atoms with Crippen LogP contribution >= 0.6 is 0 Å². The number of amides is 2. The first-order chi connectivity index (χ1) is 29.7. The molecule has 4 atom stereocenters. The lowest BCUT2D eigenvalue weighted by Crippen LogP contribution is -2.34. The molecule has 21 heteroatoms. The molecule has 8 heterocycles. The van der Waals surface area contributed by atoms with Gasteiger partial charge in [0.1, 0.15) is 0 Å². The summed E-state index contributed by atoms with van der Waals surface area (Å²) < 4.78 is 105. The molecule has 4 aromatic rings. The predicted molar refractivity (Wildman–Crippen MR) is 218 cm³/mol. The number of likely N-dealkylation sites (tertiary alicyclic amines) is 2. The minimum absolute atomic E-state index is 0.0692. The number of halogens is 6. The fraction of sp³-hybridized carbons (Fsp3) is 0.476. The Hall–Kier alpha value is -5.57. The lowest BCUT2D eigenvalue weighted by Gasteiger charge is -2.25. The van der Waals surface area contributed by atoms with E-state index in [1.165, 1.54) is 28.6 Å². The topological polar surface area (TPSA) is 145 Å². The third kappa shape index (κ3) is 8.01. The quantitative estimate of drug-likeness (QED) is 0.243. The lowest BCUT2D eigenvalue weighted by atomic mass is 10.0. The normalized spacial score (nSPS) is 23.2. The van der Waals surface area contributed by atoms with Crippen molar-refractivity contribution in [2.75, 3.05) is 68.4 Å². The average molecular weight is 901 g/mol. The number of benzene rings is 2. The molecule has 0 radical (unpaired) electrons. The number of sulfonamides is 1. The van der Waals surface area contributed by atoms with Crippen LogP contribution in [0.1, 0.15) is 61.5 Å². The maximum atomic E-state index is 13.4. The second-order valence-electron chi connectivity index (χ2n) is 17.5. The summed E-state index contributed by atoms with van der Waals surface area (Å²) in [5, 5.41) is 14.1. The van der Waals surface area contributed by atoms with Gasteiger partial charge in [0.05, 0.1) is 41.9 Å². The Balaban J connectivity index is 0.000000160. The molecule has 2 amide bonds. The monoisotopic (exact) mass is 900 g/mol. The highest BCUT2D eigenvalue weighted by Gasteiger charge is 2.47. The minimum Gasteiger partial charge on any atom is -0.370 e. The third-order valence-corrected chi connectivity index (χ3v) is 14.5. The van der Waals surface area contributed by atoms with Crippen LogP contribution in [0.25, 0.3) is 0 Å². The van der Waals surface area contributed by atoms with E-state index in [0.29, 0.717) is 82.4 Å². The summed E-state index contributed by atoms with van der Waals surface area (Å²) in [6.45, 7) is 11.3. The van der Waals surface area contributed by atoms with Gasteiger partial charge in [-0.1, -0.05) is 30.8 Å². The molecule has 6 aliphatic rings. The fourth-order valence-electron chi connectivity index (χ4n) is 10.1. The van der Waals surface area contributed by atoms with Gasteiger partial charge in [0.15, 0.2) is 11.4 Å². The van der Waals surface area contributed by atoms with E-state index in [0.717, 1.165) is 35.3 Å². The first-order valence-electron chi connectivity index (χ1n) is 20.6. The Labute approximate surface area is 359 Å². The molecule has 4 fully saturated rings. The zero-order valence-electron chi connectivity index (χ0n) is 34.5. The van der Waals surface area contributed by atoms with E-state index < -0.39 is 33.5 Å². The number of H-pyrrole nitrogens is 2. The van der Waals surface area contributed by atoms with E-state index in [1.807, 2.05) is 16.7 Å². The van der Waals surface area contributed by atoms with Crippen molar-refractivity contribution in [2.45, 2.75) is 45.5 Å². The number of fused-ring (bicyclic) bond motifs is 4. The van der Waals surface area contributed by atoms with Gasteiger partial charge < -0.3 is 24.5 Å². The first-order valence-corrected chi connectivity index (χ1v) is 22.5. The lowest BCUT2D eigenvalue weighted by molar-refractivity contribution is -0.137. The zero-order chi connectivity index (χ0) is 44.7. The molecule has 0 unspecified atom stereocenters. The number of anilines is 2. The molecule has 0 bridgehead atoms. The minimum atomic E-state index is -4.42. The summed E-state index contributed by atoms with van der Waals surface area (Å²) in [4.78, 5) is 35.4. The average Bonchev–Trinajstić information content (AvgIpc) is 4.06. The van der Waals surface area contributed by atoms with Gasteiger partial charge in [-0.05, 0) is 31.2 Å². The summed E-state index contributed by atoms with van der Waals surface area (Å²) >= 11 is 0. The second-order valence-corrected chi connectivity index (χ2v) is 19.5. The number of allylic oxidation sites excluding steroid dienone is 1. The molecule has 2 aromatic heterocycles. The van der Waals surface area contributed by atoms with Crippen molar-refractivity contribution in [3.05, 3.63) is 106 Å². The van der Waals surface area contributed by atoms with Crippen LogP contribution in [0.3, 0.4) is 0 Å². The SMILES string of the molecule is C=C(C)N1Cc2[nH]nc(C(=O)N3C[C@@H]4CN(c5ccccc5C(F)(F)F)C[C@@H]4C3)c2C1.CS(=O)(=O)N1Cc2[nH]nc(C(=O)N3C[C@@H]4CN(c5ccccc5C(F)(F)F)C[C@@H]4C3)c2C1. The van der Waals surface area contributed by atoms with Gasteiger partial charge in [-0.3, -0.25) is 19.8 Å². The van der Waals surface area contributed by atoms with Crippen LogP contribution in [0, 0.1) is 23.7 Å². The van der Waals surface area contributed by atoms with Crippen molar-refractivity contribution >= 4 is 33.2 Å². The van der Waals surface area contributed by atoms with E-state index in [4.69, 9.17) is 0 Å². The Morgan fingerprint density at radius 2 is 1.02 bits per heavy atom. The number of alkyl halides is 6. The van der Waals surface area contributed by atoms with Gasteiger partial charge in [0.25, 0.3) is 11.8 Å². The molecule has 2 aromatic carbocycles. The van der Waals surface area contributed by atoms with Crippen LogP contribution in [0.15, 0.2) is 60.8 Å². The predicted octanol–water partition coefficient (Wildman–Crippen LogP) is 5.40. The van der Waals surface area contributed by atoms with Crippen LogP contribution in [0.4, 0.5) is 37.7 Å². The highest BCUT2D eigenvalue weighted by atomic mass is 32.2. The van der Waals surface area contributed by atoms with Gasteiger partial charge in [-0.15, -0.1) is 0 Å². The van der Waals surface area contributed by atoms with Crippen molar-refractivity contribution in [1.82, 2.24) is 39.4 Å². The smallest absolute Gasteiger partial charge is 0.370 e. The molecule has 2 N–H and O–H groups in total. The highest BCUT2D eigenvalue weighted by molar-refractivity contribution is 7.88. The van der Waals surface area contributed by atoms with E-state index >= 15 is 0 Å². The van der Waals surface area contributed by atoms with Crippen molar-refractivity contribution in [3.8, 4) is 0 Å². The highest BCUT2D eigenvalue weighted by Crippen LogP contribution is 2.43. The summed E-state index contributed by atoms with van der Waals surface area (Å²) in [5.74, 6) is 0.0833. The molecule has 0 saturated carbocycles. The van der Waals surface area contributed by atoms with Crippen molar-refractivity contribution in [2.24, 2.45) is 23.7 Å². The van der Waals surface area contributed by atoms with Gasteiger partial charge >= 0.3 is 12.4 Å². The molecular formula is C42H46F6N10O4S. The van der Waals surface area contributed by atoms with E-state index in [2.05, 4.69) is 31.9 Å². The maximum Gasteiger partial charge on any atom is 0.418 e. The molecule has 63 heavy (non-hydrogen) atoms. The summed E-state index contributed by atoms with van der Waals surface area (Å²) in [6, 6.07) is 11.3. The molecular weight excluding hydrogens is 855 g/mol. The Morgan fingerprint density at radius 1 is 0.619 bits per heavy atom. The number of aromatic amines is 2. The van der Waals surface area contributed by atoms with E-state index in [-0.39, 0.29) is 65.6 Å². The number of carbonyl (C=O) groups is 2. The first kappa shape index (κ1) is 42.7. The van der Waals surface area contributed by atoms with Crippen LogP contribution in [0.2, 0.25) is 0 Å². The molecule has 336 valence electrons. The number of aromatic nitrogens is 4. The molecule has 4 saturated heterocycles. The number of carbonyl (C=O) groups excluding carboxylic acids is 2. The van der Waals surface area contributed by atoms with Crippen LogP contribution in [-0.4, -0.2) is 118 Å². The number of hydrogen-bond donors (Lipinski definition) is 2. The molecule has 10 rings (SSSR count). The molecule has 14 nitrogen and oxygen atoms in total. The number of rotatable bonds is 6. The third-order valence-electron chi connectivity index (χ3n) is 13.3. The van der Waals surface area contributed by atoms with Crippen LogP contribution < -0.4 is 9.80 Å². The van der Waals surface area contributed by atoms with Gasteiger partial charge in [0, 0.05) is 117 Å². The summed E-state index contributed by atoms with van der Waals surface area (Å²) in [7, 11) is -3.39. The standard InChI is InChI=1S/C22H24F3N5O.C20H22F3N5O3S/c1-13(2)28-11-16-18(12-28)26-27-20(16)21(31)30-9-14-7-29(8-15(14)10-30)19-6-4-3-5-17(19)22(23,24)25;1-32(30,31)28-10-14-16(11-28)24-25-18(14)19(29)27-8-12-6-26(7-13(12)9-27)17-5-3-2-4-15(17)20(21,22)23/h3-6,14-15H,1,7-12H2,2H3,(H,26,27);2-5,12-13H,6-11H2,1H3,(H,24,25)/t14-,15+;12-,13+. The largest absolute Gasteiger partial charge is 0.418 e. The van der Waals surface area contributed by atoms with Crippen molar-refractivity contribution in [3.63, 3.8) is 0 Å². The number of nitrogens with one attached hydrogen (secondary N) is 2. The maximum absolute atomic E-state index is 13.4. The summed E-state index contributed by atoms with van der Waals surface area (Å²) in [6.07, 6.45) is -7.68. The van der Waals surface area contributed by atoms with E-state index in [1.54, 1.807) is 21.9 Å². The van der Waals surface area contributed by atoms with E-state index in [9.17, 15) is 44.3 Å². The Bertz CT molecular complexity index is 2550. The molecule has 0 spiro atoms. The zero-order valence-corrected chi connectivity index (χ0v) is 35.3. The van der Waals surface area contributed by atoms with Crippen molar-refractivity contribution in [1.29, 1.82) is 0 Å². The van der Waals surface area contributed by atoms with Gasteiger partial charge in [0.2, 0.25) is 10.0 Å². The van der Waals surface area contributed by atoms with Crippen LogP contribution in [-0.2, 0) is 48.6 Å². The summed E-state index contributed by atoms with van der Waals surface area (Å²) in [5.41, 5.74) is 3.87. The molecule has 6 aliphatic heterocycles. The number of para-hydroxylation sites is 2. The number of nitrogens with zero attached hydrogens (tertiary/aromatic N) is 8. The van der Waals surface area contributed by atoms with Crippen molar-refractivity contribution < 1.29 is 44.3 Å². The second kappa shape index (κ2) is 15.6. The number of hydrogen-bond acceptors (Lipinski definition) is 9. The van der Waals surface area contributed by atoms with Gasteiger partial charge in [-0.2, -0.15) is 40.8 Å².